The van der Waals surface area contributed by atoms with Crippen molar-refractivity contribution < 1.29 is 9.59 Å². The van der Waals surface area contributed by atoms with Crippen LogP contribution < -0.4 is 10.6 Å². The van der Waals surface area contributed by atoms with Gasteiger partial charge in [0.2, 0.25) is 5.91 Å². The van der Waals surface area contributed by atoms with Crippen LogP contribution in [-0.4, -0.2) is 39.2 Å². The Hall–Kier alpha value is -3.22. The van der Waals surface area contributed by atoms with Gasteiger partial charge in [-0.05, 0) is 46.2 Å². The maximum Gasteiger partial charge on any atom is 0.252 e. The number of rotatable bonds is 6. The quantitative estimate of drug-likeness (QED) is 0.673. The Kier molecular flexibility index (Phi) is 5.96. The SMILES string of the molecule is CCNC(=O)C(C)NC(=O)c1cc(-c2ccccc2C)nc2c1cnn2C(C)C. The number of benzene rings is 1. The third-order valence-electron chi connectivity index (χ3n) is 4.81. The number of aryl methyl sites for hydroxylation is 1. The maximum absolute atomic E-state index is 13.1. The van der Waals surface area contributed by atoms with Gasteiger partial charge in [-0.1, -0.05) is 24.3 Å². The summed E-state index contributed by atoms with van der Waals surface area (Å²) >= 11 is 0. The summed E-state index contributed by atoms with van der Waals surface area (Å²) in [5.74, 6) is -0.544. The van der Waals surface area contributed by atoms with Gasteiger partial charge < -0.3 is 10.6 Å². The molecule has 2 heterocycles. The Bertz CT molecular complexity index is 1050. The standard InChI is InChI=1S/C22H27N5O2/c1-6-23-21(28)15(5)25-22(29)17-11-19(16-10-8-7-9-14(16)4)26-20-18(17)12-24-27(20)13(2)3/h7-13,15H,6H2,1-5H3,(H,23,28)(H,25,29). The van der Waals surface area contributed by atoms with Crippen LogP contribution in [0.1, 0.15) is 49.7 Å². The number of amides is 2. The number of aromatic nitrogens is 3. The molecule has 0 fully saturated rings. The summed E-state index contributed by atoms with van der Waals surface area (Å²) in [5, 5.41) is 10.6. The van der Waals surface area contributed by atoms with Crippen molar-refractivity contribution in [2.45, 2.75) is 46.7 Å². The van der Waals surface area contributed by atoms with Crippen LogP contribution in [-0.2, 0) is 4.79 Å². The van der Waals surface area contributed by atoms with E-state index in [-0.39, 0.29) is 17.9 Å². The van der Waals surface area contributed by atoms with E-state index in [2.05, 4.69) is 15.7 Å². The van der Waals surface area contributed by atoms with Gasteiger partial charge in [-0.3, -0.25) is 9.59 Å². The molecule has 0 aliphatic carbocycles. The van der Waals surface area contributed by atoms with Crippen molar-refractivity contribution >= 4 is 22.8 Å². The average Bonchev–Trinajstić information content (AvgIpc) is 3.12. The monoisotopic (exact) mass is 393 g/mol. The van der Waals surface area contributed by atoms with Crippen molar-refractivity contribution in [2.24, 2.45) is 0 Å². The third-order valence-corrected chi connectivity index (χ3v) is 4.81. The zero-order chi connectivity index (χ0) is 21.1. The van der Waals surface area contributed by atoms with Crippen molar-refractivity contribution in [2.75, 3.05) is 6.54 Å². The molecule has 0 bridgehead atoms. The predicted octanol–water partition coefficient (Wildman–Crippen LogP) is 3.24. The number of hydrogen-bond donors (Lipinski definition) is 2. The summed E-state index contributed by atoms with van der Waals surface area (Å²) in [4.78, 5) is 29.9. The lowest BCUT2D eigenvalue weighted by atomic mass is 10.0. The van der Waals surface area contributed by atoms with Gasteiger partial charge in [-0.15, -0.1) is 0 Å². The zero-order valence-corrected chi connectivity index (χ0v) is 17.5. The van der Waals surface area contributed by atoms with E-state index in [1.54, 1.807) is 23.9 Å². The van der Waals surface area contributed by atoms with Crippen LogP contribution >= 0.6 is 0 Å². The lowest BCUT2D eigenvalue weighted by Gasteiger charge is -2.15. The molecule has 1 atom stereocenters. The second-order valence-electron chi connectivity index (χ2n) is 7.38. The van der Waals surface area contributed by atoms with Crippen molar-refractivity contribution in [3.63, 3.8) is 0 Å². The van der Waals surface area contributed by atoms with E-state index in [0.717, 1.165) is 11.1 Å². The molecule has 29 heavy (non-hydrogen) atoms. The number of carbonyl (C=O) groups excluding carboxylic acids is 2. The van der Waals surface area contributed by atoms with E-state index in [1.807, 2.05) is 52.0 Å². The largest absolute Gasteiger partial charge is 0.355 e. The summed E-state index contributed by atoms with van der Waals surface area (Å²) in [6, 6.07) is 9.14. The van der Waals surface area contributed by atoms with Gasteiger partial charge in [0.25, 0.3) is 5.91 Å². The summed E-state index contributed by atoms with van der Waals surface area (Å²) in [6.45, 7) is 10.1. The highest BCUT2D eigenvalue weighted by Gasteiger charge is 2.22. The van der Waals surface area contributed by atoms with E-state index in [1.165, 1.54) is 0 Å². The highest BCUT2D eigenvalue weighted by Crippen LogP contribution is 2.28. The molecule has 1 unspecified atom stereocenters. The first-order chi connectivity index (χ1) is 13.8. The number of hydrogen-bond acceptors (Lipinski definition) is 4. The average molecular weight is 393 g/mol. The molecule has 0 spiro atoms. The molecule has 2 aromatic heterocycles. The first-order valence-corrected chi connectivity index (χ1v) is 9.86. The highest BCUT2D eigenvalue weighted by atomic mass is 16.2. The van der Waals surface area contributed by atoms with Crippen molar-refractivity contribution in [3.05, 3.63) is 47.7 Å². The van der Waals surface area contributed by atoms with Crippen molar-refractivity contribution in [1.29, 1.82) is 0 Å². The summed E-state index contributed by atoms with van der Waals surface area (Å²) in [6.07, 6.45) is 1.66. The summed E-state index contributed by atoms with van der Waals surface area (Å²) in [5.41, 5.74) is 3.83. The van der Waals surface area contributed by atoms with Gasteiger partial charge in [0.1, 0.15) is 6.04 Å². The van der Waals surface area contributed by atoms with Crippen LogP contribution in [0.15, 0.2) is 36.5 Å². The Morgan fingerprint density at radius 3 is 2.55 bits per heavy atom. The lowest BCUT2D eigenvalue weighted by Crippen LogP contribution is -2.44. The van der Waals surface area contributed by atoms with Gasteiger partial charge in [-0.2, -0.15) is 5.10 Å². The zero-order valence-electron chi connectivity index (χ0n) is 17.5. The minimum Gasteiger partial charge on any atom is -0.355 e. The predicted molar refractivity (Wildman–Crippen MR) is 114 cm³/mol. The minimum absolute atomic E-state index is 0.0947. The van der Waals surface area contributed by atoms with E-state index < -0.39 is 6.04 Å². The molecule has 2 N–H and O–H groups in total. The van der Waals surface area contributed by atoms with Crippen LogP contribution in [0, 0.1) is 6.92 Å². The van der Waals surface area contributed by atoms with Crippen molar-refractivity contribution in [3.8, 4) is 11.3 Å². The normalized spacial score (nSPS) is 12.2. The van der Waals surface area contributed by atoms with Gasteiger partial charge in [0.15, 0.2) is 5.65 Å². The van der Waals surface area contributed by atoms with Gasteiger partial charge in [0, 0.05) is 18.2 Å². The number of nitrogens with one attached hydrogen (secondary N) is 2. The lowest BCUT2D eigenvalue weighted by molar-refractivity contribution is -0.122. The van der Waals surface area contributed by atoms with Gasteiger partial charge >= 0.3 is 0 Å². The third kappa shape index (κ3) is 4.13. The molecule has 0 aliphatic rings. The van der Waals surface area contributed by atoms with Crippen LogP contribution in [0.25, 0.3) is 22.3 Å². The topological polar surface area (TPSA) is 88.9 Å². The fraction of sp³-hybridized carbons (Fsp3) is 0.364. The Labute approximate surface area is 170 Å². The molecular formula is C22H27N5O2. The van der Waals surface area contributed by atoms with Crippen LogP contribution in [0.3, 0.4) is 0 Å². The van der Waals surface area contributed by atoms with E-state index in [4.69, 9.17) is 4.98 Å². The fourth-order valence-corrected chi connectivity index (χ4v) is 3.25. The highest BCUT2D eigenvalue weighted by molar-refractivity contribution is 6.07. The maximum atomic E-state index is 13.1. The van der Waals surface area contributed by atoms with Crippen LogP contribution in [0.2, 0.25) is 0 Å². The number of fused-ring (bicyclic) bond motifs is 1. The Morgan fingerprint density at radius 1 is 1.17 bits per heavy atom. The number of likely N-dealkylation sites (N-methyl/N-ethyl adjacent to an activating group) is 1. The van der Waals surface area contributed by atoms with E-state index in [9.17, 15) is 9.59 Å². The molecule has 0 saturated heterocycles. The van der Waals surface area contributed by atoms with Crippen LogP contribution in [0.4, 0.5) is 0 Å². The molecule has 0 saturated carbocycles. The number of carbonyl (C=O) groups is 2. The molecule has 7 nitrogen and oxygen atoms in total. The molecule has 3 rings (SSSR count). The molecule has 152 valence electrons. The van der Waals surface area contributed by atoms with Gasteiger partial charge in [0.05, 0.1) is 22.8 Å². The molecule has 2 amide bonds. The molecule has 0 radical (unpaired) electrons. The van der Waals surface area contributed by atoms with Gasteiger partial charge in [-0.25, -0.2) is 9.67 Å². The van der Waals surface area contributed by atoms with Crippen molar-refractivity contribution in [1.82, 2.24) is 25.4 Å². The molecule has 7 heteroatoms. The summed E-state index contributed by atoms with van der Waals surface area (Å²) < 4.78 is 1.81. The smallest absolute Gasteiger partial charge is 0.252 e. The second kappa shape index (κ2) is 8.43. The Balaban J connectivity index is 2.11. The number of nitrogens with zero attached hydrogens (tertiary/aromatic N) is 3. The fourth-order valence-electron chi connectivity index (χ4n) is 3.25. The molecule has 0 aliphatic heterocycles. The molecule has 3 aromatic rings. The van der Waals surface area contributed by atoms with E-state index >= 15 is 0 Å². The first kappa shape index (κ1) is 20.5. The van der Waals surface area contributed by atoms with Crippen LogP contribution in [0.5, 0.6) is 0 Å². The minimum atomic E-state index is -0.646. The van der Waals surface area contributed by atoms with E-state index in [0.29, 0.717) is 28.8 Å². The summed E-state index contributed by atoms with van der Waals surface area (Å²) in [7, 11) is 0. The second-order valence-corrected chi connectivity index (χ2v) is 7.38. The molecular weight excluding hydrogens is 366 g/mol. The Morgan fingerprint density at radius 2 is 1.90 bits per heavy atom. The molecule has 1 aromatic carbocycles. The first-order valence-electron chi connectivity index (χ1n) is 9.86. The number of pyridine rings is 1.